The molecule has 178 valence electrons. The molecule has 0 bridgehead atoms. The summed E-state index contributed by atoms with van der Waals surface area (Å²) in [5.41, 5.74) is 5.29. The van der Waals surface area contributed by atoms with Crippen molar-refractivity contribution in [1.29, 1.82) is 0 Å². The number of piperazine rings is 1. The number of ether oxygens (including phenoxy) is 1. The topological polar surface area (TPSA) is 63.0 Å². The van der Waals surface area contributed by atoms with Gasteiger partial charge in [0.1, 0.15) is 11.3 Å². The Morgan fingerprint density at radius 2 is 1.74 bits per heavy atom. The lowest BCUT2D eigenvalue weighted by Crippen LogP contribution is -2.49. The molecule has 0 aliphatic carbocycles. The normalized spacial score (nSPS) is 14.6. The molecule has 7 heteroatoms. The van der Waals surface area contributed by atoms with E-state index in [1.54, 1.807) is 29.1 Å². The molecule has 0 unspecified atom stereocenters. The van der Waals surface area contributed by atoms with Gasteiger partial charge < -0.3 is 19.0 Å². The zero-order valence-electron chi connectivity index (χ0n) is 20.0. The molecular formula is C27H29ClN2O4. The number of furan rings is 1. The van der Waals surface area contributed by atoms with Gasteiger partial charge in [-0.1, -0.05) is 23.7 Å². The first-order valence-electron chi connectivity index (χ1n) is 11.5. The first-order chi connectivity index (χ1) is 16.3. The standard InChI is InChI=1S/C27H29ClN2O4/c1-5-33-26-18(3)27-23(24(16-34-27)20-6-8-21(28)9-7-20)15-22(26)17(2)14-25(32)30-12-10-29(11-13-30)19(4)31/h6-9,14-16H,5,10-13H2,1-4H3/b17-14+. The fourth-order valence-electron chi connectivity index (χ4n) is 4.39. The highest BCUT2D eigenvalue weighted by molar-refractivity contribution is 6.30. The Morgan fingerprint density at radius 3 is 2.35 bits per heavy atom. The fourth-order valence-corrected chi connectivity index (χ4v) is 4.51. The molecule has 3 aromatic rings. The summed E-state index contributed by atoms with van der Waals surface area (Å²) < 4.78 is 12.0. The van der Waals surface area contributed by atoms with Gasteiger partial charge in [0, 0.05) is 66.3 Å². The van der Waals surface area contributed by atoms with Crippen LogP contribution >= 0.6 is 11.6 Å². The number of aryl methyl sites for hydroxylation is 1. The van der Waals surface area contributed by atoms with E-state index < -0.39 is 0 Å². The smallest absolute Gasteiger partial charge is 0.246 e. The summed E-state index contributed by atoms with van der Waals surface area (Å²) in [5, 5.41) is 1.63. The van der Waals surface area contributed by atoms with Crippen LogP contribution in [0.5, 0.6) is 5.75 Å². The van der Waals surface area contributed by atoms with Gasteiger partial charge in [-0.3, -0.25) is 9.59 Å². The number of rotatable bonds is 5. The van der Waals surface area contributed by atoms with Crippen molar-refractivity contribution in [3.8, 4) is 16.9 Å². The van der Waals surface area contributed by atoms with Crippen LogP contribution in [-0.4, -0.2) is 54.4 Å². The summed E-state index contributed by atoms with van der Waals surface area (Å²) >= 11 is 6.07. The summed E-state index contributed by atoms with van der Waals surface area (Å²) in [5.74, 6) is 0.696. The van der Waals surface area contributed by atoms with Crippen molar-refractivity contribution in [2.45, 2.75) is 27.7 Å². The monoisotopic (exact) mass is 480 g/mol. The van der Waals surface area contributed by atoms with Crippen molar-refractivity contribution in [1.82, 2.24) is 9.80 Å². The number of hydrogen-bond donors (Lipinski definition) is 0. The maximum atomic E-state index is 13.0. The Balaban J connectivity index is 1.72. The number of nitrogens with zero attached hydrogens (tertiary/aromatic N) is 2. The molecule has 34 heavy (non-hydrogen) atoms. The molecule has 2 amide bonds. The summed E-state index contributed by atoms with van der Waals surface area (Å²) in [6.07, 6.45) is 3.41. The highest BCUT2D eigenvalue weighted by atomic mass is 35.5. The number of allylic oxidation sites excluding steroid dienone is 1. The van der Waals surface area contributed by atoms with Gasteiger partial charge in [-0.25, -0.2) is 0 Å². The van der Waals surface area contributed by atoms with E-state index in [-0.39, 0.29) is 11.8 Å². The molecule has 4 rings (SSSR count). The first-order valence-corrected chi connectivity index (χ1v) is 11.8. The fraction of sp³-hybridized carbons (Fsp3) is 0.333. The highest BCUT2D eigenvalue weighted by Gasteiger charge is 2.23. The molecule has 1 aromatic heterocycles. The number of carbonyl (C=O) groups excluding carboxylic acids is 2. The van der Waals surface area contributed by atoms with Crippen molar-refractivity contribution < 1.29 is 18.7 Å². The van der Waals surface area contributed by atoms with E-state index in [9.17, 15) is 9.59 Å². The van der Waals surface area contributed by atoms with E-state index in [1.807, 2.05) is 51.1 Å². The zero-order valence-corrected chi connectivity index (χ0v) is 20.7. The molecule has 0 N–H and O–H groups in total. The summed E-state index contributed by atoms with van der Waals surface area (Å²) in [7, 11) is 0. The molecule has 0 spiro atoms. The summed E-state index contributed by atoms with van der Waals surface area (Å²) in [6.45, 7) is 10.1. The van der Waals surface area contributed by atoms with E-state index in [2.05, 4.69) is 0 Å². The summed E-state index contributed by atoms with van der Waals surface area (Å²) in [6, 6.07) is 9.67. The predicted octanol–water partition coefficient (Wildman–Crippen LogP) is 5.55. The van der Waals surface area contributed by atoms with Gasteiger partial charge in [0.2, 0.25) is 11.8 Å². The van der Waals surface area contributed by atoms with Crippen LogP contribution in [-0.2, 0) is 9.59 Å². The average molecular weight is 481 g/mol. The Morgan fingerprint density at radius 1 is 1.09 bits per heavy atom. The highest BCUT2D eigenvalue weighted by Crippen LogP contribution is 2.41. The second-order valence-electron chi connectivity index (χ2n) is 8.50. The molecule has 0 radical (unpaired) electrons. The molecule has 1 aliphatic rings. The molecule has 1 fully saturated rings. The molecule has 2 aromatic carbocycles. The van der Waals surface area contributed by atoms with Crippen molar-refractivity contribution in [2.24, 2.45) is 0 Å². The number of halogens is 1. The number of carbonyl (C=O) groups is 2. The second kappa shape index (κ2) is 9.94. The lowest BCUT2D eigenvalue weighted by molar-refractivity contribution is -0.135. The lowest BCUT2D eigenvalue weighted by Gasteiger charge is -2.33. The van der Waals surface area contributed by atoms with Crippen LogP contribution in [0.1, 0.15) is 31.9 Å². The van der Waals surface area contributed by atoms with Gasteiger partial charge in [-0.05, 0) is 50.1 Å². The van der Waals surface area contributed by atoms with Gasteiger partial charge in [0.15, 0.2) is 0 Å². The number of fused-ring (bicyclic) bond motifs is 1. The third-order valence-electron chi connectivity index (χ3n) is 6.29. The van der Waals surface area contributed by atoms with Gasteiger partial charge in [-0.15, -0.1) is 0 Å². The van der Waals surface area contributed by atoms with Crippen LogP contribution in [0.25, 0.3) is 27.7 Å². The van der Waals surface area contributed by atoms with E-state index in [1.165, 1.54) is 0 Å². The Hall–Kier alpha value is -3.25. The molecule has 1 aliphatic heterocycles. The van der Waals surface area contributed by atoms with Crippen molar-refractivity contribution in [3.63, 3.8) is 0 Å². The lowest BCUT2D eigenvalue weighted by atomic mass is 9.96. The van der Waals surface area contributed by atoms with E-state index in [0.717, 1.165) is 44.5 Å². The Bertz CT molecular complexity index is 1250. The molecule has 1 saturated heterocycles. The minimum absolute atomic E-state index is 0.0422. The minimum Gasteiger partial charge on any atom is -0.493 e. The van der Waals surface area contributed by atoms with Crippen LogP contribution in [0.3, 0.4) is 0 Å². The third-order valence-corrected chi connectivity index (χ3v) is 6.54. The second-order valence-corrected chi connectivity index (χ2v) is 8.94. The Labute approximate surface area is 204 Å². The minimum atomic E-state index is -0.0639. The molecule has 0 saturated carbocycles. The van der Waals surface area contributed by atoms with E-state index in [4.69, 9.17) is 20.8 Å². The van der Waals surface area contributed by atoms with Crippen LogP contribution in [0.2, 0.25) is 5.02 Å². The van der Waals surface area contributed by atoms with E-state index in [0.29, 0.717) is 37.8 Å². The quantitative estimate of drug-likeness (QED) is 0.449. The maximum absolute atomic E-state index is 13.0. The van der Waals surface area contributed by atoms with Crippen molar-refractivity contribution >= 4 is 40.0 Å². The van der Waals surface area contributed by atoms with Crippen LogP contribution < -0.4 is 4.74 Å². The molecular weight excluding hydrogens is 452 g/mol. The third kappa shape index (κ3) is 4.68. The molecule has 6 nitrogen and oxygen atoms in total. The summed E-state index contributed by atoms with van der Waals surface area (Å²) in [4.78, 5) is 28.2. The number of hydrogen-bond acceptors (Lipinski definition) is 4. The van der Waals surface area contributed by atoms with Gasteiger partial charge in [0.25, 0.3) is 0 Å². The largest absolute Gasteiger partial charge is 0.493 e. The van der Waals surface area contributed by atoms with Crippen LogP contribution in [0.4, 0.5) is 0 Å². The van der Waals surface area contributed by atoms with Gasteiger partial charge in [-0.2, -0.15) is 0 Å². The van der Waals surface area contributed by atoms with Crippen LogP contribution in [0, 0.1) is 6.92 Å². The SMILES string of the molecule is CCOc1c(/C(C)=C/C(=O)N2CCN(C(C)=O)CC2)cc2c(-c3ccc(Cl)cc3)coc2c1C. The van der Waals surface area contributed by atoms with Crippen molar-refractivity contribution in [2.75, 3.05) is 32.8 Å². The number of benzene rings is 2. The van der Waals surface area contributed by atoms with Crippen molar-refractivity contribution in [3.05, 3.63) is 58.8 Å². The first kappa shape index (κ1) is 23.9. The Kier molecular flexibility index (Phi) is 6.98. The van der Waals surface area contributed by atoms with Gasteiger partial charge in [0.05, 0.1) is 12.9 Å². The zero-order chi connectivity index (χ0) is 24.4. The average Bonchev–Trinajstić information content (AvgIpc) is 3.25. The predicted molar refractivity (Wildman–Crippen MR) is 135 cm³/mol. The molecule has 0 atom stereocenters. The van der Waals surface area contributed by atoms with Gasteiger partial charge >= 0.3 is 0 Å². The number of amides is 2. The van der Waals surface area contributed by atoms with Crippen LogP contribution in [0.15, 0.2) is 47.1 Å². The maximum Gasteiger partial charge on any atom is 0.246 e. The molecule has 2 heterocycles. The van der Waals surface area contributed by atoms with E-state index >= 15 is 0 Å².